The summed E-state index contributed by atoms with van der Waals surface area (Å²) in [4.78, 5) is 4.05. The monoisotopic (exact) mass is 181 g/mol. The van der Waals surface area contributed by atoms with Gasteiger partial charge < -0.3 is 11.1 Å². The molecule has 0 aromatic rings. The molecular weight excluding hydrogens is 162 g/mol. The first-order valence-corrected chi connectivity index (χ1v) is 4.34. The zero-order valence-electron chi connectivity index (χ0n) is 8.89. The Morgan fingerprint density at radius 3 is 2.46 bits per heavy atom. The number of rotatable bonds is 3. The van der Waals surface area contributed by atoms with Gasteiger partial charge in [0.2, 0.25) is 0 Å². The zero-order valence-corrected chi connectivity index (χ0v) is 8.89. The predicted octanol–water partition coefficient (Wildman–Crippen LogP) is 1.43. The zero-order chi connectivity index (χ0) is 10.3. The van der Waals surface area contributed by atoms with Crippen LogP contribution in [0.25, 0.3) is 0 Å². The second-order valence-electron chi connectivity index (χ2n) is 2.98. The number of nitrogens with two attached hydrogens (primary N) is 1. The van der Waals surface area contributed by atoms with E-state index in [0.29, 0.717) is 0 Å². The van der Waals surface area contributed by atoms with E-state index in [1.807, 2.05) is 33.0 Å². The van der Waals surface area contributed by atoms with Crippen LogP contribution in [0.4, 0.5) is 0 Å². The molecule has 3 nitrogen and oxygen atoms in total. The van der Waals surface area contributed by atoms with Gasteiger partial charge in [0.05, 0.1) is 5.84 Å². The average Bonchev–Trinajstić information content (AvgIpc) is 2.12. The molecule has 0 saturated heterocycles. The van der Waals surface area contributed by atoms with Crippen molar-refractivity contribution in [3.8, 4) is 0 Å². The molecule has 3 N–H and O–H groups in total. The highest BCUT2D eigenvalue weighted by Gasteiger charge is 1.90. The third kappa shape index (κ3) is 5.06. The van der Waals surface area contributed by atoms with Crippen molar-refractivity contribution in [2.24, 2.45) is 10.7 Å². The van der Waals surface area contributed by atoms with Crippen LogP contribution in [-0.4, -0.2) is 19.9 Å². The Bertz CT molecular complexity index is 233. The molecule has 0 atom stereocenters. The molecule has 74 valence electrons. The summed E-state index contributed by atoms with van der Waals surface area (Å²) in [6, 6.07) is 0. The molecule has 0 fully saturated rings. The van der Waals surface area contributed by atoms with Gasteiger partial charge in [-0.2, -0.15) is 0 Å². The Balaban J connectivity index is 4.10. The minimum absolute atomic E-state index is 0.793. The van der Waals surface area contributed by atoms with Crippen molar-refractivity contribution in [1.29, 1.82) is 0 Å². The van der Waals surface area contributed by atoms with Crippen LogP contribution in [0.2, 0.25) is 0 Å². The van der Waals surface area contributed by atoms with Crippen molar-refractivity contribution in [2.45, 2.75) is 20.3 Å². The summed E-state index contributed by atoms with van der Waals surface area (Å²) < 4.78 is 0. The fourth-order valence-electron chi connectivity index (χ4n) is 0.769. The Morgan fingerprint density at radius 2 is 2.08 bits per heavy atom. The van der Waals surface area contributed by atoms with E-state index >= 15 is 0 Å². The predicted molar refractivity (Wildman–Crippen MR) is 58.7 cm³/mol. The molecule has 0 aliphatic carbocycles. The molecule has 0 spiro atoms. The standard InChI is InChI=1S/C10H19N3/c1-8(2)9(11)6-5-7-10(12-3)13-4/h5-6H,7,11H2,1-4H3,(H,12,13)/b6-5-. The average molecular weight is 181 g/mol. The SMILES string of the molecule is C/N=C(/C/C=C\C(N)=C(C)C)NC. The number of nitrogens with one attached hydrogen (secondary N) is 1. The van der Waals surface area contributed by atoms with E-state index in [0.717, 1.165) is 23.5 Å². The smallest absolute Gasteiger partial charge is 0.0995 e. The van der Waals surface area contributed by atoms with Crippen molar-refractivity contribution >= 4 is 5.84 Å². The minimum atomic E-state index is 0.793. The van der Waals surface area contributed by atoms with Crippen LogP contribution in [0.3, 0.4) is 0 Å². The summed E-state index contributed by atoms with van der Waals surface area (Å²) in [7, 11) is 3.63. The maximum absolute atomic E-state index is 5.72. The molecule has 0 saturated carbocycles. The maximum atomic E-state index is 5.72. The van der Waals surface area contributed by atoms with Crippen molar-refractivity contribution < 1.29 is 0 Å². The highest BCUT2D eigenvalue weighted by Crippen LogP contribution is 1.98. The second kappa shape index (κ2) is 6.29. The quantitative estimate of drug-likeness (QED) is 0.393. The molecule has 0 bridgehead atoms. The molecule has 0 heterocycles. The van der Waals surface area contributed by atoms with Gasteiger partial charge >= 0.3 is 0 Å². The molecule has 0 aromatic carbocycles. The van der Waals surface area contributed by atoms with E-state index in [9.17, 15) is 0 Å². The largest absolute Gasteiger partial charge is 0.399 e. The van der Waals surface area contributed by atoms with Crippen LogP contribution < -0.4 is 11.1 Å². The van der Waals surface area contributed by atoms with E-state index in [4.69, 9.17) is 5.73 Å². The highest BCUT2D eigenvalue weighted by molar-refractivity contribution is 5.83. The molecule has 0 amide bonds. The van der Waals surface area contributed by atoms with Crippen LogP contribution in [0.5, 0.6) is 0 Å². The number of hydrogen-bond donors (Lipinski definition) is 2. The first kappa shape index (κ1) is 11.8. The van der Waals surface area contributed by atoms with Crippen LogP contribution in [-0.2, 0) is 0 Å². The van der Waals surface area contributed by atoms with Crippen molar-refractivity contribution in [3.05, 3.63) is 23.4 Å². The Hall–Kier alpha value is -1.25. The number of hydrogen-bond acceptors (Lipinski definition) is 2. The van der Waals surface area contributed by atoms with Gasteiger partial charge in [0.1, 0.15) is 0 Å². The Morgan fingerprint density at radius 1 is 1.46 bits per heavy atom. The third-order valence-electron chi connectivity index (χ3n) is 1.74. The molecule has 0 aliphatic heterocycles. The van der Waals surface area contributed by atoms with Gasteiger partial charge in [-0.3, -0.25) is 4.99 Å². The Labute approximate surface area is 80.4 Å². The topological polar surface area (TPSA) is 50.4 Å². The Kier molecular flexibility index (Phi) is 5.68. The van der Waals surface area contributed by atoms with Crippen LogP contribution >= 0.6 is 0 Å². The molecule has 13 heavy (non-hydrogen) atoms. The highest BCUT2D eigenvalue weighted by atomic mass is 14.9. The number of aliphatic imine (C=N–C) groups is 1. The number of amidine groups is 1. The summed E-state index contributed by atoms with van der Waals surface area (Å²) in [5.74, 6) is 0.956. The van der Waals surface area contributed by atoms with Gasteiger partial charge in [0.15, 0.2) is 0 Å². The van der Waals surface area contributed by atoms with E-state index in [2.05, 4.69) is 10.3 Å². The van der Waals surface area contributed by atoms with Crippen LogP contribution in [0.1, 0.15) is 20.3 Å². The molecular formula is C10H19N3. The van der Waals surface area contributed by atoms with Gasteiger partial charge in [-0.1, -0.05) is 11.6 Å². The molecule has 0 radical (unpaired) electrons. The minimum Gasteiger partial charge on any atom is -0.399 e. The van der Waals surface area contributed by atoms with E-state index < -0.39 is 0 Å². The fraction of sp³-hybridized carbons (Fsp3) is 0.500. The van der Waals surface area contributed by atoms with E-state index in [1.54, 1.807) is 7.05 Å². The van der Waals surface area contributed by atoms with Crippen LogP contribution in [0.15, 0.2) is 28.4 Å². The molecule has 3 heteroatoms. The van der Waals surface area contributed by atoms with Crippen molar-refractivity contribution in [2.75, 3.05) is 14.1 Å². The summed E-state index contributed by atoms with van der Waals surface area (Å²) in [6.07, 6.45) is 4.71. The first-order chi connectivity index (χ1) is 6.11. The van der Waals surface area contributed by atoms with Crippen LogP contribution in [0, 0.1) is 0 Å². The first-order valence-electron chi connectivity index (χ1n) is 4.34. The van der Waals surface area contributed by atoms with Gasteiger partial charge in [0.25, 0.3) is 0 Å². The molecule has 0 rings (SSSR count). The molecule has 0 unspecified atom stereocenters. The molecule has 0 aliphatic rings. The number of nitrogens with zero attached hydrogens (tertiary/aromatic N) is 1. The third-order valence-corrected chi connectivity index (χ3v) is 1.74. The lowest BCUT2D eigenvalue weighted by Crippen LogP contribution is -2.16. The number of allylic oxidation sites excluding steroid dienone is 2. The van der Waals surface area contributed by atoms with Gasteiger partial charge in [0, 0.05) is 26.2 Å². The maximum Gasteiger partial charge on any atom is 0.0995 e. The summed E-state index contributed by atoms with van der Waals surface area (Å²) >= 11 is 0. The second-order valence-corrected chi connectivity index (χ2v) is 2.98. The molecule has 0 aromatic heterocycles. The van der Waals surface area contributed by atoms with Crippen molar-refractivity contribution in [1.82, 2.24) is 5.32 Å². The summed E-state index contributed by atoms with van der Waals surface area (Å²) in [5, 5.41) is 3.00. The normalized spacial score (nSPS) is 11.8. The van der Waals surface area contributed by atoms with Gasteiger partial charge in [-0.25, -0.2) is 0 Å². The van der Waals surface area contributed by atoms with Gasteiger partial charge in [-0.15, -0.1) is 0 Å². The van der Waals surface area contributed by atoms with E-state index in [-0.39, 0.29) is 0 Å². The summed E-state index contributed by atoms with van der Waals surface area (Å²) in [5.41, 5.74) is 7.68. The fourth-order valence-corrected chi connectivity index (χ4v) is 0.769. The lowest BCUT2D eigenvalue weighted by molar-refractivity contribution is 1.10. The van der Waals surface area contributed by atoms with E-state index in [1.165, 1.54) is 0 Å². The van der Waals surface area contributed by atoms with Crippen molar-refractivity contribution in [3.63, 3.8) is 0 Å². The summed E-state index contributed by atoms with van der Waals surface area (Å²) in [6.45, 7) is 3.99. The van der Waals surface area contributed by atoms with Gasteiger partial charge in [-0.05, 0) is 19.9 Å². The lowest BCUT2D eigenvalue weighted by atomic mass is 10.2. The lowest BCUT2D eigenvalue weighted by Gasteiger charge is -2.00.